The summed E-state index contributed by atoms with van der Waals surface area (Å²) in [5.74, 6) is 0. The Morgan fingerprint density at radius 3 is 1.11 bits per heavy atom. The number of ether oxygens (including phenoxy) is 2. The van der Waals surface area contributed by atoms with Crippen LogP contribution in [-0.2, 0) is 15.1 Å². The summed E-state index contributed by atoms with van der Waals surface area (Å²) in [4.78, 5) is 0. The predicted octanol–water partition coefficient (Wildman–Crippen LogP) is 12.2. The van der Waals surface area contributed by atoms with Crippen LogP contribution >= 0.6 is 0 Å². The van der Waals surface area contributed by atoms with Gasteiger partial charge in [0.15, 0.2) is 0 Å². The van der Waals surface area contributed by atoms with Gasteiger partial charge in [0, 0.05) is 6.61 Å². The Morgan fingerprint density at radius 2 is 0.766 bits per heavy atom. The second-order valence-corrected chi connectivity index (χ2v) is 13.5. The van der Waals surface area contributed by atoms with Crippen LogP contribution in [0.1, 0.15) is 152 Å². The SMILES string of the molecule is CCCCCCCCCCCCCCCCCCCCCCOC[C@@H](O)COC(c1ccccc1)(c1ccccc1)c1ccccc1. The average Bonchev–Trinajstić information content (AvgIpc) is 3.12. The Labute approximate surface area is 288 Å². The van der Waals surface area contributed by atoms with Crippen molar-refractivity contribution in [2.24, 2.45) is 0 Å². The zero-order valence-corrected chi connectivity index (χ0v) is 29.8. The minimum atomic E-state index is -0.822. The van der Waals surface area contributed by atoms with E-state index in [4.69, 9.17) is 9.47 Å². The van der Waals surface area contributed by atoms with Gasteiger partial charge in [-0.3, -0.25) is 0 Å². The second-order valence-electron chi connectivity index (χ2n) is 13.5. The molecule has 0 amide bonds. The molecule has 0 unspecified atom stereocenters. The molecule has 1 N–H and O–H groups in total. The van der Waals surface area contributed by atoms with Gasteiger partial charge in [-0.05, 0) is 23.1 Å². The number of rotatable bonds is 29. The lowest BCUT2D eigenvalue weighted by atomic mass is 9.80. The van der Waals surface area contributed by atoms with Gasteiger partial charge in [-0.1, -0.05) is 220 Å². The van der Waals surface area contributed by atoms with Crippen LogP contribution in [0, 0.1) is 0 Å². The quantitative estimate of drug-likeness (QED) is 0.0605. The molecule has 3 nitrogen and oxygen atoms in total. The molecule has 0 aliphatic rings. The van der Waals surface area contributed by atoms with Crippen molar-refractivity contribution in [3.63, 3.8) is 0 Å². The van der Waals surface area contributed by atoms with E-state index in [2.05, 4.69) is 43.3 Å². The summed E-state index contributed by atoms with van der Waals surface area (Å²) in [6.07, 6.45) is 27.0. The van der Waals surface area contributed by atoms with Crippen molar-refractivity contribution in [2.75, 3.05) is 19.8 Å². The smallest absolute Gasteiger partial charge is 0.143 e. The number of hydrogen-bond acceptors (Lipinski definition) is 3. The highest BCUT2D eigenvalue weighted by Gasteiger charge is 2.38. The molecule has 0 aliphatic carbocycles. The molecule has 47 heavy (non-hydrogen) atoms. The molecule has 3 aromatic rings. The van der Waals surface area contributed by atoms with Gasteiger partial charge >= 0.3 is 0 Å². The monoisotopic (exact) mass is 643 g/mol. The highest BCUT2D eigenvalue weighted by Crippen LogP contribution is 2.40. The maximum atomic E-state index is 10.9. The third kappa shape index (κ3) is 15.5. The van der Waals surface area contributed by atoms with E-state index in [-0.39, 0.29) is 13.2 Å². The van der Waals surface area contributed by atoms with E-state index >= 15 is 0 Å². The van der Waals surface area contributed by atoms with Crippen molar-refractivity contribution in [1.82, 2.24) is 0 Å². The summed E-state index contributed by atoms with van der Waals surface area (Å²) in [6.45, 7) is 3.45. The van der Waals surface area contributed by atoms with E-state index in [1.165, 1.54) is 122 Å². The molecule has 260 valence electrons. The van der Waals surface area contributed by atoms with Crippen LogP contribution < -0.4 is 0 Å². The zero-order chi connectivity index (χ0) is 33.1. The molecule has 0 heterocycles. The Hall–Kier alpha value is -2.46. The van der Waals surface area contributed by atoms with Gasteiger partial charge in [0.1, 0.15) is 11.7 Å². The van der Waals surface area contributed by atoms with Crippen LogP contribution in [0.15, 0.2) is 91.0 Å². The average molecular weight is 643 g/mol. The lowest BCUT2D eigenvalue weighted by Crippen LogP contribution is -2.36. The number of aliphatic hydroxyl groups is 1. The molecule has 0 spiro atoms. The fourth-order valence-electron chi connectivity index (χ4n) is 6.72. The minimum Gasteiger partial charge on any atom is -0.388 e. The Kier molecular flexibility index (Phi) is 21.2. The van der Waals surface area contributed by atoms with E-state index in [1.54, 1.807) is 0 Å². The molecule has 3 heteroatoms. The first-order valence-corrected chi connectivity index (χ1v) is 19.3. The number of unbranched alkanes of at least 4 members (excludes halogenated alkanes) is 19. The molecule has 0 aliphatic heterocycles. The fraction of sp³-hybridized carbons (Fsp3) is 0.591. The fourth-order valence-corrected chi connectivity index (χ4v) is 6.72. The molecule has 0 radical (unpaired) electrons. The normalized spacial score (nSPS) is 12.4. The topological polar surface area (TPSA) is 38.7 Å². The van der Waals surface area contributed by atoms with E-state index in [9.17, 15) is 5.11 Å². The first kappa shape index (κ1) is 39.0. The summed E-state index contributed by atoms with van der Waals surface area (Å²) >= 11 is 0. The maximum absolute atomic E-state index is 10.9. The summed E-state index contributed by atoms with van der Waals surface area (Å²) in [6, 6.07) is 30.9. The predicted molar refractivity (Wildman–Crippen MR) is 200 cm³/mol. The summed E-state index contributed by atoms with van der Waals surface area (Å²) in [5.41, 5.74) is 2.29. The molecule has 0 fully saturated rings. The van der Waals surface area contributed by atoms with E-state index in [0.717, 1.165) is 23.1 Å². The van der Waals surface area contributed by atoms with Crippen LogP contribution in [0.5, 0.6) is 0 Å². The standard InChI is InChI=1S/C44H66O3/c1-2-3-4-5-6-7-8-9-10-11-12-13-14-15-16-17-18-19-20-30-37-46-38-43(45)39-47-44(40-31-24-21-25-32-40,41-33-26-22-27-34-41)42-35-28-23-29-36-42/h21-29,31-36,43,45H,2-20,30,37-39H2,1H3/t43-/m1/s1. The summed E-state index contributed by atoms with van der Waals surface area (Å²) in [7, 11) is 0. The van der Waals surface area contributed by atoms with Crippen LogP contribution in [0.2, 0.25) is 0 Å². The van der Waals surface area contributed by atoms with Gasteiger partial charge in [0.25, 0.3) is 0 Å². The lowest BCUT2D eigenvalue weighted by molar-refractivity contribution is -0.0641. The van der Waals surface area contributed by atoms with Crippen LogP contribution in [0.3, 0.4) is 0 Å². The molecule has 0 aromatic heterocycles. The van der Waals surface area contributed by atoms with Crippen molar-refractivity contribution >= 4 is 0 Å². The van der Waals surface area contributed by atoms with Crippen molar-refractivity contribution in [2.45, 2.75) is 147 Å². The first-order valence-electron chi connectivity index (χ1n) is 19.3. The maximum Gasteiger partial charge on any atom is 0.143 e. The van der Waals surface area contributed by atoms with Crippen LogP contribution in [0.25, 0.3) is 0 Å². The number of benzene rings is 3. The number of aliphatic hydroxyl groups excluding tert-OH is 1. The largest absolute Gasteiger partial charge is 0.388 e. The van der Waals surface area contributed by atoms with Gasteiger partial charge in [-0.15, -0.1) is 0 Å². The molecule has 1 atom stereocenters. The molecule has 0 saturated carbocycles. The van der Waals surface area contributed by atoms with Gasteiger partial charge < -0.3 is 14.6 Å². The van der Waals surface area contributed by atoms with Crippen molar-refractivity contribution < 1.29 is 14.6 Å². The Bertz CT molecular complexity index is 1000. The van der Waals surface area contributed by atoms with Crippen molar-refractivity contribution in [3.05, 3.63) is 108 Å². The van der Waals surface area contributed by atoms with Gasteiger partial charge in [0.2, 0.25) is 0 Å². The highest BCUT2D eigenvalue weighted by atomic mass is 16.5. The van der Waals surface area contributed by atoms with Crippen LogP contribution in [0.4, 0.5) is 0 Å². The molecule has 3 aromatic carbocycles. The number of hydrogen-bond donors (Lipinski definition) is 1. The first-order chi connectivity index (χ1) is 23.3. The molecule has 0 saturated heterocycles. The third-order valence-electron chi connectivity index (χ3n) is 9.49. The Balaban J connectivity index is 1.21. The lowest BCUT2D eigenvalue weighted by Gasteiger charge is -2.36. The summed E-state index contributed by atoms with van der Waals surface area (Å²) in [5, 5.41) is 10.9. The van der Waals surface area contributed by atoms with E-state index in [0.29, 0.717) is 6.61 Å². The molecular formula is C44H66O3. The van der Waals surface area contributed by atoms with Crippen molar-refractivity contribution in [3.8, 4) is 0 Å². The van der Waals surface area contributed by atoms with E-state index < -0.39 is 11.7 Å². The summed E-state index contributed by atoms with van der Waals surface area (Å²) < 4.78 is 12.6. The third-order valence-corrected chi connectivity index (χ3v) is 9.49. The highest BCUT2D eigenvalue weighted by molar-refractivity contribution is 5.47. The van der Waals surface area contributed by atoms with Crippen LogP contribution in [-0.4, -0.2) is 31.0 Å². The van der Waals surface area contributed by atoms with Gasteiger partial charge in [-0.2, -0.15) is 0 Å². The minimum absolute atomic E-state index is 0.179. The van der Waals surface area contributed by atoms with Gasteiger partial charge in [-0.25, -0.2) is 0 Å². The van der Waals surface area contributed by atoms with E-state index in [1.807, 2.05) is 54.6 Å². The molecule has 3 rings (SSSR count). The molecular weight excluding hydrogens is 576 g/mol. The second kappa shape index (κ2) is 25.5. The van der Waals surface area contributed by atoms with Crippen molar-refractivity contribution in [1.29, 1.82) is 0 Å². The Morgan fingerprint density at radius 1 is 0.447 bits per heavy atom. The zero-order valence-electron chi connectivity index (χ0n) is 29.8. The molecule has 0 bridgehead atoms. The van der Waals surface area contributed by atoms with Gasteiger partial charge in [0.05, 0.1) is 13.2 Å².